The van der Waals surface area contributed by atoms with Crippen molar-refractivity contribution >= 4 is 34.1 Å². The van der Waals surface area contributed by atoms with Gasteiger partial charge in [-0.05, 0) is 29.8 Å². The Kier molecular flexibility index (Phi) is 4.06. The molecular weight excluding hydrogens is 334 g/mol. The molecule has 0 N–H and O–H groups in total. The van der Waals surface area contributed by atoms with E-state index < -0.39 is 0 Å². The Balaban J connectivity index is 1.75. The molecule has 3 aromatic rings. The first-order chi connectivity index (χ1) is 12.1. The van der Waals surface area contributed by atoms with Gasteiger partial charge in [0.15, 0.2) is 0 Å². The molecule has 1 aromatic heterocycles. The normalized spacial score (nSPS) is 14.3. The molecule has 0 radical (unpaired) electrons. The summed E-state index contributed by atoms with van der Waals surface area (Å²) in [6.07, 6.45) is 1.71. The SMILES string of the molecule is CN1CCN(C(=O)c2cc(Cl)cc3cccnc23)Cc2ccccc21. The second-order valence-corrected chi connectivity index (χ2v) is 6.74. The van der Waals surface area contributed by atoms with Gasteiger partial charge in [-0.2, -0.15) is 0 Å². The summed E-state index contributed by atoms with van der Waals surface area (Å²) in [4.78, 5) is 21.7. The van der Waals surface area contributed by atoms with Crippen LogP contribution in [0.2, 0.25) is 5.02 Å². The van der Waals surface area contributed by atoms with E-state index in [4.69, 9.17) is 11.6 Å². The number of halogens is 1. The molecule has 0 bridgehead atoms. The second-order valence-electron chi connectivity index (χ2n) is 6.31. The lowest BCUT2D eigenvalue weighted by Gasteiger charge is -2.21. The van der Waals surface area contributed by atoms with Gasteiger partial charge in [-0.3, -0.25) is 9.78 Å². The van der Waals surface area contributed by atoms with Gasteiger partial charge in [0.1, 0.15) is 0 Å². The van der Waals surface area contributed by atoms with E-state index in [1.807, 2.05) is 35.2 Å². The summed E-state index contributed by atoms with van der Waals surface area (Å²) < 4.78 is 0. The summed E-state index contributed by atoms with van der Waals surface area (Å²) in [5.74, 6) is -0.0312. The number of fused-ring (bicyclic) bond motifs is 2. The Morgan fingerprint density at radius 1 is 1.12 bits per heavy atom. The molecule has 1 aliphatic rings. The molecule has 4 rings (SSSR count). The third kappa shape index (κ3) is 2.94. The summed E-state index contributed by atoms with van der Waals surface area (Å²) in [6, 6.07) is 15.6. The molecule has 25 heavy (non-hydrogen) atoms. The highest BCUT2D eigenvalue weighted by Gasteiger charge is 2.24. The minimum Gasteiger partial charge on any atom is -0.373 e. The first-order valence-electron chi connectivity index (χ1n) is 8.26. The van der Waals surface area contributed by atoms with Gasteiger partial charge in [-0.25, -0.2) is 0 Å². The lowest BCUT2D eigenvalue weighted by molar-refractivity contribution is 0.0753. The molecule has 0 saturated heterocycles. The van der Waals surface area contributed by atoms with Crippen LogP contribution >= 0.6 is 11.6 Å². The van der Waals surface area contributed by atoms with Crippen molar-refractivity contribution < 1.29 is 4.79 Å². The number of pyridine rings is 1. The Bertz CT molecular complexity index is 957. The van der Waals surface area contributed by atoms with Crippen molar-refractivity contribution in [3.05, 3.63) is 70.9 Å². The number of para-hydroxylation sites is 1. The van der Waals surface area contributed by atoms with Crippen molar-refractivity contribution in [2.75, 3.05) is 25.0 Å². The molecule has 0 atom stereocenters. The number of carbonyl (C=O) groups excluding carboxylic acids is 1. The van der Waals surface area contributed by atoms with Crippen LogP contribution in [0.3, 0.4) is 0 Å². The fourth-order valence-electron chi connectivity index (χ4n) is 3.36. The van der Waals surface area contributed by atoms with E-state index in [0.717, 1.165) is 17.5 Å². The molecule has 0 unspecified atom stereocenters. The smallest absolute Gasteiger partial charge is 0.256 e. The predicted molar refractivity (Wildman–Crippen MR) is 101 cm³/mol. The molecule has 0 spiro atoms. The third-order valence-electron chi connectivity index (χ3n) is 4.66. The van der Waals surface area contributed by atoms with Crippen molar-refractivity contribution in [2.24, 2.45) is 0 Å². The van der Waals surface area contributed by atoms with E-state index in [9.17, 15) is 4.79 Å². The number of hydrogen-bond donors (Lipinski definition) is 0. The average molecular weight is 352 g/mol. The standard InChI is InChI=1S/C20H18ClN3O/c1-23-9-10-24(13-15-5-2-3-7-18(15)23)20(25)17-12-16(21)11-14-6-4-8-22-19(14)17/h2-8,11-12H,9-10,13H2,1H3. The number of aromatic nitrogens is 1. The lowest BCUT2D eigenvalue weighted by atomic mass is 10.1. The number of hydrogen-bond acceptors (Lipinski definition) is 3. The van der Waals surface area contributed by atoms with Gasteiger partial charge in [0.05, 0.1) is 11.1 Å². The molecule has 0 saturated carbocycles. The van der Waals surface area contributed by atoms with E-state index in [2.05, 4.69) is 29.1 Å². The molecule has 0 aliphatic carbocycles. The molecule has 4 nitrogen and oxygen atoms in total. The predicted octanol–water partition coefficient (Wildman–Crippen LogP) is 3.98. The Morgan fingerprint density at radius 2 is 1.96 bits per heavy atom. The van der Waals surface area contributed by atoms with Crippen LogP contribution in [0.1, 0.15) is 15.9 Å². The number of likely N-dealkylation sites (N-methyl/N-ethyl adjacent to an activating group) is 1. The molecule has 1 amide bonds. The molecule has 2 heterocycles. The minimum absolute atomic E-state index is 0.0312. The zero-order valence-corrected chi connectivity index (χ0v) is 14.7. The summed E-state index contributed by atoms with van der Waals surface area (Å²) in [7, 11) is 2.06. The fourth-order valence-corrected chi connectivity index (χ4v) is 3.58. The Labute approximate surface area is 151 Å². The van der Waals surface area contributed by atoms with Crippen LogP contribution in [0.4, 0.5) is 5.69 Å². The fraction of sp³-hybridized carbons (Fsp3) is 0.200. The number of benzene rings is 2. The lowest BCUT2D eigenvalue weighted by Crippen LogP contribution is -2.34. The molecule has 2 aromatic carbocycles. The molecule has 5 heteroatoms. The van der Waals surface area contributed by atoms with E-state index in [-0.39, 0.29) is 5.91 Å². The molecule has 126 valence electrons. The maximum Gasteiger partial charge on any atom is 0.256 e. The van der Waals surface area contributed by atoms with Gasteiger partial charge >= 0.3 is 0 Å². The quantitative estimate of drug-likeness (QED) is 0.665. The van der Waals surface area contributed by atoms with Crippen LogP contribution < -0.4 is 4.90 Å². The van der Waals surface area contributed by atoms with Gasteiger partial charge < -0.3 is 9.80 Å². The highest BCUT2D eigenvalue weighted by molar-refractivity contribution is 6.32. The molecule has 1 aliphatic heterocycles. The Morgan fingerprint density at radius 3 is 2.84 bits per heavy atom. The van der Waals surface area contributed by atoms with Crippen LogP contribution in [-0.4, -0.2) is 35.9 Å². The average Bonchev–Trinajstić information content (AvgIpc) is 2.80. The van der Waals surface area contributed by atoms with E-state index in [1.54, 1.807) is 12.3 Å². The van der Waals surface area contributed by atoms with Gasteiger partial charge in [-0.15, -0.1) is 0 Å². The summed E-state index contributed by atoms with van der Waals surface area (Å²) in [5.41, 5.74) is 3.58. The third-order valence-corrected chi connectivity index (χ3v) is 4.87. The summed E-state index contributed by atoms with van der Waals surface area (Å²) in [5, 5.41) is 1.43. The number of anilines is 1. The number of rotatable bonds is 1. The first kappa shape index (κ1) is 15.9. The van der Waals surface area contributed by atoms with Crippen molar-refractivity contribution in [3.63, 3.8) is 0 Å². The Hall–Kier alpha value is -2.59. The van der Waals surface area contributed by atoms with Crippen LogP contribution in [0.15, 0.2) is 54.7 Å². The van der Waals surface area contributed by atoms with Gasteiger partial charge in [0.2, 0.25) is 0 Å². The van der Waals surface area contributed by atoms with Crippen molar-refractivity contribution in [1.29, 1.82) is 0 Å². The van der Waals surface area contributed by atoms with Gasteiger partial charge in [-0.1, -0.05) is 35.9 Å². The topological polar surface area (TPSA) is 36.4 Å². The largest absolute Gasteiger partial charge is 0.373 e. The van der Waals surface area contributed by atoms with Gasteiger partial charge in [0.25, 0.3) is 5.91 Å². The number of amides is 1. The molecular formula is C20H18ClN3O. The van der Waals surface area contributed by atoms with Crippen LogP contribution in [0, 0.1) is 0 Å². The monoisotopic (exact) mass is 351 g/mol. The van der Waals surface area contributed by atoms with Crippen molar-refractivity contribution in [1.82, 2.24) is 9.88 Å². The second kappa shape index (κ2) is 6.37. The summed E-state index contributed by atoms with van der Waals surface area (Å²) in [6.45, 7) is 2.03. The zero-order valence-electron chi connectivity index (χ0n) is 13.9. The maximum absolute atomic E-state index is 13.2. The van der Waals surface area contributed by atoms with E-state index in [0.29, 0.717) is 29.2 Å². The molecule has 0 fully saturated rings. The van der Waals surface area contributed by atoms with Crippen molar-refractivity contribution in [3.8, 4) is 0 Å². The maximum atomic E-state index is 13.2. The van der Waals surface area contributed by atoms with E-state index >= 15 is 0 Å². The van der Waals surface area contributed by atoms with Crippen LogP contribution in [-0.2, 0) is 6.54 Å². The summed E-state index contributed by atoms with van der Waals surface area (Å²) >= 11 is 6.24. The van der Waals surface area contributed by atoms with Gasteiger partial charge in [0, 0.05) is 49.0 Å². The van der Waals surface area contributed by atoms with E-state index in [1.165, 1.54) is 5.69 Å². The van der Waals surface area contributed by atoms with Crippen molar-refractivity contribution in [2.45, 2.75) is 6.54 Å². The first-order valence-corrected chi connectivity index (χ1v) is 8.64. The minimum atomic E-state index is -0.0312. The number of carbonyl (C=O) groups is 1. The van der Waals surface area contributed by atoms with Crippen LogP contribution in [0.25, 0.3) is 10.9 Å². The highest BCUT2D eigenvalue weighted by atomic mass is 35.5. The zero-order chi connectivity index (χ0) is 17.4. The number of nitrogens with zero attached hydrogens (tertiary/aromatic N) is 3. The highest BCUT2D eigenvalue weighted by Crippen LogP contribution is 2.27. The van der Waals surface area contributed by atoms with Crippen LogP contribution in [0.5, 0.6) is 0 Å².